The Hall–Kier alpha value is -2.63. The van der Waals surface area contributed by atoms with Crippen molar-refractivity contribution in [3.05, 3.63) is 47.3 Å². The maximum atomic E-state index is 12.5. The average molecular weight is 358 g/mol. The second-order valence-electron chi connectivity index (χ2n) is 7.10. The molecule has 1 saturated heterocycles. The molecular formula is C20H22O6. The first-order valence-corrected chi connectivity index (χ1v) is 8.54. The van der Waals surface area contributed by atoms with E-state index in [9.17, 15) is 14.4 Å². The fraction of sp³-hybridized carbons (Fsp3) is 0.450. The first-order valence-electron chi connectivity index (χ1n) is 8.54. The van der Waals surface area contributed by atoms with Gasteiger partial charge in [0.25, 0.3) is 0 Å². The molecule has 6 nitrogen and oxygen atoms in total. The minimum Gasteiger partial charge on any atom is -0.479 e. The molecule has 0 radical (unpaired) electrons. The van der Waals surface area contributed by atoms with E-state index in [0.717, 1.165) is 0 Å². The predicted molar refractivity (Wildman–Crippen MR) is 92.8 cm³/mol. The van der Waals surface area contributed by atoms with Crippen molar-refractivity contribution in [2.24, 2.45) is 5.92 Å². The normalized spacial score (nSPS) is 35.9. The Kier molecular flexibility index (Phi) is 4.38. The number of rotatable bonds is 2. The topological polar surface area (TPSA) is 78.9 Å². The number of hydrogen-bond acceptors (Lipinski definition) is 6. The molecule has 0 aromatic carbocycles. The van der Waals surface area contributed by atoms with Crippen molar-refractivity contribution in [3.63, 3.8) is 0 Å². The van der Waals surface area contributed by atoms with Crippen LogP contribution in [0.5, 0.6) is 0 Å². The largest absolute Gasteiger partial charge is 0.479 e. The van der Waals surface area contributed by atoms with Crippen LogP contribution in [0.25, 0.3) is 0 Å². The third-order valence-corrected chi connectivity index (χ3v) is 5.19. The number of ketones is 1. The molecule has 26 heavy (non-hydrogen) atoms. The predicted octanol–water partition coefficient (Wildman–Crippen LogP) is 2.55. The molecule has 0 saturated carbocycles. The third kappa shape index (κ3) is 2.89. The second-order valence-corrected chi connectivity index (χ2v) is 7.10. The van der Waals surface area contributed by atoms with Crippen molar-refractivity contribution in [3.8, 4) is 0 Å². The smallest absolute Gasteiger partial charge is 0.334 e. The van der Waals surface area contributed by atoms with E-state index >= 15 is 0 Å². The van der Waals surface area contributed by atoms with Gasteiger partial charge in [-0.15, -0.1) is 0 Å². The zero-order valence-corrected chi connectivity index (χ0v) is 15.3. The van der Waals surface area contributed by atoms with Crippen molar-refractivity contribution >= 4 is 17.7 Å². The van der Waals surface area contributed by atoms with Crippen LogP contribution in [0.1, 0.15) is 34.1 Å². The fourth-order valence-electron chi connectivity index (χ4n) is 3.41. The molecule has 0 spiro atoms. The molecule has 3 rings (SSSR count). The number of ether oxygens (including phenoxy) is 3. The Morgan fingerprint density at radius 2 is 2.12 bits per heavy atom. The lowest BCUT2D eigenvalue weighted by atomic mass is 9.82. The zero-order chi connectivity index (χ0) is 19.2. The van der Waals surface area contributed by atoms with Crippen LogP contribution in [-0.2, 0) is 28.6 Å². The Bertz CT molecular complexity index is 799. The lowest BCUT2D eigenvalue weighted by molar-refractivity contribution is -0.153. The summed E-state index contributed by atoms with van der Waals surface area (Å²) in [5, 5.41) is 0. The van der Waals surface area contributed by atoms with Crippen molar-refractivity contribution in [1.29, 1.82) is 0 Å². The Morgan fingerprint density at radius 1 is 1.42 bits per heavy atom. The van der Waals surface area contributed by atoms with Crippen LogP contribution in [0.15, 0.2) is 47.3 Å². The second kappa shape index (κ2) is 6.27. The van der Waals surface area contributed by atoms with Gasteiger partial charge in [-0.05, 0) is 39.3 Å². The molecule has 0 N–H and O–H groups in total. The molecule has 0 aromatic heterocycles. The van der Waals surface area contributed by atoms with Crippen molar-refractivity contribution in [2.45, 2.75) is 51.9 Å². The molecule has 6 heteroatoms. The number of hydrogen-bond donors (Lipinski definition) is 0. The van der Waals surface area contributed by atoms with Crippen LogP contribution < -0.4 is 0 Å². The Morgan fingerprint density at radius 3 is 2.77 bits per heavy atom. The molecule has 0 aromatic rings. The Labute approximate surface area is 152 Å². The lowest BCUT2D eigenvalue weighted by Gasteiger charge is -2.31. The maximum absolute atomic E-state index is 12.5. The van der Waals surface area contributed by atoms with Crippen LogP contribution >= 0.6 is 0 Å². The summed E-state index contributed by atoms with van der Waals surface area (Å²) in [5.41, 5.74) is 0.195. The summed E-state index contributed by atoms with van der Waals surface area (Å²) in [4.78, 5) is 36.9. The van der Waals surface area contributed by atoms with Crippen LogP contribution in [0, 0.1) is 5.92 Å². The van der Waals surface area contributed by atoms with E-state index < -0.39 is 35.7 Å². The molecule has 2 bridgehead atoms. The van der Waals surface area contributed by atoms with Crippen molar-refractivity contribution < 1.29 is 28.6 Å². The number of esters is 2. The molecule has 3 heterocycles. The van der Waals surface area contributed by atoms with E-state index in [1.807, 2.05) is 0 Å². The highest BCUT2D eigenvalue weighted by Gasteiger charge is 2.51. The van der Waals surface area contributed by atoms with Gasteiger partial charge < -0.3 is 14.2 Å². The van der Waals surface area contributed by atoms with Crippen molar-refractivity contribution in [2.75, 3.05) is 0 Å². The van der Waals surface area contributed by atoms with Gasteiger partial charge in [0.15, 0.2) is 5.60 Å². The van der Waals surface area contributed by atoms with Crippen molar-refractivity contribution in [1.82, 2.24) is 0 Å². The monoisotopic (exact) mass is 358 g/mol. The lowest BCUT2D eigenvalue weighted by Crippen LogP contribution is -2.42. The molecule has 1 fully saturated rings. The van der Waals surface area contributed by atoms with E-state index in [-0.39, 0.29) is 17.8 Å². The number of carbonyl (C=O) groups excluding carboxylic acids is 3. The van der Waals surface area contributed by atoms with E-state index in [1.54, 1.807) is 39.8 Å². The number of allylic oxidation sites excluding steroid dienone is 2. The molecule has 0 unspecified atom stereocenters. The summed E-state index contributed by atoms with van der Waals surface area (Å²) in [7, 11) is 0. The highest BCUT2D eigenvalue weighted by atomic mass is 16.6. The average Bonchev–Trinajstić information content (AvgIpc) is 3.03. The quantitative estimate of drug-likeness (QED) is 0.558. The highest BCUT2D eigenvalue weighted by molar-refractivity contribution is 6.00. The molecule has 3 aliphatic rings. The van der Waals surface area contributed by atoms with Gasteiger partial charge in [-0.3, -0.25) is 4.79 Å². The number of carbonyl (C=O) groups is 3. The minimum atomic E-state index is -1.17. The molecular weight excluding hydrogens is 336 g/mol. The molecule has 3 aliphatic heterocycles. The van der Waals surface area contributed by atoms with Crippen LogP contribution in [-0.4, -0.2) is 35.5 Å². The summed E-state index contributed by atoms with van der Waals surface area (Å²) < 4.78 is 17.0. The van der Waals surface area contributed by atoms with E-state index in [4.69, 9.17) is 14.2 Å². The van der Waals surface area contributed by atoms with Gasteiger partial charge in [0, 0.05) is 23.6 Å². The molecule has 138 valence electrons. The van der Waals surface area contributed by atoms with E-state index in [2.05, 4.69) is 6.58 Å². The summed E-state index contributed by atoms with van der Waals surface area (Å²) in [6.07, 6.45) is 3.50. The zero-order valence-electron chi connectivity index (χ0n) is 15.3. The SMILES string of the molecule is C=C1C(=O)O[C@H]2/C=C(/C)C3=CC(=O)[C@@](C)(C[C@@H](OC(=O)/C(C)=C\C)[C@@H]12)O3. The Balaban J connectivity index is 2.05. The standard InChI is InChI=1S/C20H22O6/c1-6-10(2)18(22)25-15-9-20(5)16(21)8-13(26-20)11(3)7-14-17(15)12(4)19(23)24-14/h6-8,14-15,17H,4,9H2,1-3,5H3/b10-6-,11-7-/t14-,15+,17-,20+/m0/s1. The summed E-state index contributed by atoms with van der Waals surface area (Å²) in [6.45, 7) is 10.6. The molecule has 4 atom stereocenters. The van der Waals surface area contributed by atoms with Gasteiger partial charge in [0.05, 0.1) is 5.92 Å². The minimum absolute atomic E-state index is 0.104. The summed E-state index contributed by atoms with van der Waals surface area (Å²) in [6, 6.07) is 0. The summed E-state index contributed by atoms with van der Waals surface area (Å²) in [5.74, 6) is -1.35. The van der Waals surface area contributed by atoms with E-state index in [1.165, 1.54) is 6.08 Å². The van der Waals surface area contributed by atoms with Crippen LogP contribution in [0.3, 0.4) is 0 Å². The van der Waals surface area contributed by atoms with Gasteiger partial charge in [0.1, 0.15) is 18.0 Å². The highest BCUT2D eigenvalue weighted by Crippen LogP contribution is 2.42. The first-order chi connectivity index (χ1) is 12.2. The van der Waals surface area contributed by atoms with Gasteiger partial charge in [-0.1, -0.05) is 12.7 Å². The third-order valence-electron chi connectivity index (χ3n) is 5.19. The van der Waals surface area contributed by atoms with Crippen LogP contribution in [0.2, 0.25) is 0 Å². The number of fused-ring (bicyclic) bond motifs is 3. The summed E-state index contributed by atoms with van der Waals surface area (Å²) >= 11 is 0. The van der Waals surface area contributed by atoms with Gasteiger partial charge in [-0.25, -0.2) is 9.59 Å². The van der Waals surface area contributed by atoms with Gasteiger partial charge in [0.2, 0.25) is 5.78 Å². The van der Waals surface area contributed by atoms with Crippen LogP contribution in [0.4, 0.5) is 0 Å². The maximum Gasteiger partial charge on any atom is 0.334 e. The van der Waals surface area contributed by atoms with Gasteiger partial charge in [-0.2, -0.15) is 0 Å². The molecule has 0 aliphatic carbocycles. The molecule has 0 amide bonds. The van der Waals surface area contributed by atoms with E-state index in [0.29, 0.717) is 16.9 Å². The first kappa shape index (κ1) is 18.2. The fourth-order valence-corrected chi connectivity index (χ4v) is 3.41. The van der Waals surface area contributed by atoms with Gasteiger partial charge >= 0.3 is 11.9 Å².